The van der Waals surface area contributed by atoms with Gasteiger partial charge in [0, 0.05) is 30.1 Å². The van der Waals surface area contributed by atoms with E-state index in [2.05, 4.69) is 56.4 Å². The van der Waals surface area contributed by atoms with Crippen molar-refractivity contribution in [3.8, 4) is 0 Å². The van der Waals surface area contributed by atoms with Crippen molar-refractivity contribution in [2.75, 3.05) is 11.9 Å². The summed E-state index contributed by atoms with van der Waals surface area (Å²) in [5.41, 5.74) is 5.64. The van der Waals surface area contributed by atoms with E-state index in [-0.39, 0.29) is 0 Å². The number of anilines is 1. The summed E-state index contributed by atoms with van der Waals surface area (Å²) in [5, 5.41) is 21.2. The van der Waals surface area contributed by atoms with Crippen molar-refractivity contribution in [2.24, 2.45) is 5.41 Å². The van der Waals surface area contributed by atoms with Crippen LogP contribution in [0.4, 0.5) is 5.69 Å². The average molecular weight is 337 g/mol. The Balaban J connectivity index is 1.36. The zero-order chi connectivity index (χ0) is 17.0. The maximum absolute atomic E-state index is 4.64. The third-order valence-corrected chi connectivity index (χ3v) is 5.48. The summed E-state index contributed by atoms with van der Waals surface area (Å²) in [5.74, 6) is 0.608. The van der Waals surface area contributed by atoms with E-state index < -0.39 is 0 Å². The van der Waals surface area contributed by atoms with Crippen molar-refractivity contribution in [3.63, 3.8) is 0 Å². The van der Waals surface area contributed by atoms with Crippen LogP contribution in [0, 0.1) is 19.3 Å². The van der Waals surface area contributed by atoms with Crippen LogP contribution in [0.5, 0.6) is 0 Å². The fourth-order valence-electron chi connectivity index (χ4n) is 3.56. The summed E-state index contributed by atoms with van der Waals surface area (Å²) in [7, 11) is 0. The number of nitrogens with one attached hydrogen (secondary N) is 1. The first kappa shape index (κ1) is 14.9. The van der Waals surface area contributed by atoms with Crippen molar-refractivity contribution in [1.82, 2.24) is 29.6 Å². The Labute approximate surface area is 146 Å². The molecular formula is C18H23N7. The number of aromatic nitrogens is 6. The van der Waals surface area contributed by atoms with Crippen LogP contribution in [-0.2, 0) is 6.54 Å². The van der Waals surface area contributed by atoms with E-state index in [1.807, 2.05) is 0 Å². The topological polar surface area (TPSA) is 72.9 Å². The molecule has 7 nitrogen and oxygen atoms in total. The second kappa shape index (κ2) is 5.28. The monoisotopic (exact) mass is 337 g/mol. The molecule has 0 aliphatic heterocycles. The van der Waals surface area contributed by atoms with Crippen LogP contribution in [-0.4, -0.2) is 36.1 Å². The molecule has 7 heteroatoms. The van der Waals surface area contributed by atoms with Gasteiger partial charge < -0.3 is 5.32 Å². The fourth-order valence-corrected chi connectivity index (χ4v) is 3.56. The Morgan fingerprint density at radius 2 is 2.04 bits per heavy atom. The third-order valence-electron chi connectivity index (χ3n) is 5.48. The van der Waals surface area contributed by atoms with Gasteiger partial charge in [0.1, 0.15) is 6.33 Å². The van der Waals surface area contributed by atoms with Crippen molar-refractivity contribution in [2.45, 2.75) is 52.0 Å². The molecule has 0 atom stereocenters. The Morgan fingerprint density at radius 3 is 2.72 bits per heavy atom. The summed E-state index contributed by atoms with van der Waals surface area (Å²) in [6.07, 6.45) is 6.64. The maximum Gasteiger partial charge on any atom is 0.200 e. The Kier molecular flexibility index (Phi) is 3.14. The van der Waals surface area contributed by atoms with Crippen LogP contribution in [0.15, 0.2) is 18.5 Å². The highest BCUT2D eigenvalue weighted by atomic mass is 15.4. The van der Waals surface area contributed by atoms with E-state index >= 15 is 0 Å². The highest BCUT2D eigenvalue weighted by Crippen LogP contribution is 2.47. The van der Waals surface area contributed by atoms with Gasteiger partial charge in [-0.2, -0.15) is 14.7 Å². The molecule has 2 saturated carbocycles. The average Bonchev–Trinajstić information content (AvgIpc) is 3.49. The number of hydrogen-bond acceptors (Lipinski definition) is 5. The summed E-state index contributed by atoms with van der Waals surface area (Å²) in [6.45, 7) is 6.10. The van der Waals surface area contributed by atoms with Crippen LogP contribution in [0.25, 0.3) is 5.65 Å². The molecule has 0 bridgehead atoms. The molecule has 25 heavy (non-hydrogen) atoms. The molecule has 0 radical (unpaired) electrons. The van der Waals surface area contributed by atoms with E-state index in [0.29, 0.717) is 11.3 Å². The first-order valence-electron chi connectivity index (χ1n) is 9.08. The number of hydrogen-bond donors (Lipinski definition) is 1. The van der Waals surface area contributed by atoms with Crippen LogP contribution >= 0.6 is 0 Å². The molecule has 0 saturated heterocycles. The van der Waals surface area contributed by atoms with Crippen molar-refractivity contribution >= 4 is 11.3 Å². The lowest BCUT2D eigenvalue weighted by Gasteiger charge is -2.18. The SMILES string of the molecule is Cc1cc(C)n(CC2(CNc3cc(C4CC4)nn4cnnc34)CC2)n1. The largest absolute Gasteiger partial charge is 0.381 e. The Bertz CT molecular complexity index is 930. The summed E-state index contributed by atoms with van der Waals surface area (Å²) >= 11 is 0. The maximum atomic E-state index is 4.64. The number of aryl methyl sites for hydroxylation is 2. The minimum absolute atomic E-state index is 0.295. The molecule has 0 spiro atoms. The van der Waals surface area contributed by atoms with Crippen LogP contribution in [0.3, 0.4) is 0 Å². The van der Waals surface area contributed by atoms with Gasteiger partial charge in [-0.25, -0.2) is 0 Å². The van der Waals surface area contributed by atoms with E-state index in [1.54, 1.807) is 10.8 Å². The molecule has 1 N–H and O–H groups in total. The molecule has 0 amide bonds. The molecule has 2 aliphatic carbocycles. The molecule has 5 rings (SSSR count). The molecule has 0 aromatic carbocycles. The van der Waals surface area contributed by atoms with Crippen LogP contribution in [0.2, 0.25) is 0 Å². The first-order chi connectivity index (χ1) is 12.1. The lowest BCUT2D eigenvalue weighted by atomic mass is 10.1. The lowest BCUT2D eigenvalue weighted by molar-refractivity contribution is 0.409. The highest BCUT2D eigenvalue weighted by Gasteiger charge is 2.43. The van der Waals surface area contributed by atoms with E-state index in [0.717, 1.165) is 35.8 Å². The second-order valence-electron chi connectivity index (χ2n) is 7.79. The molecule has 3 aromatic rings. The minimum Gasteiger partial charge on any atom is -0.381 e. The molecule has 2 fully saturated rings. The van der Waals surface area contributed by atoms with Gasteiger partial charge >= 0.3 is 0 Å². The van der Waals surface area contributed by atoms with Gasteiger partial charge in [0.15, 0.2) is 0 Å². The molecule has 2 aliphatic rings. The van der Waals surface area contributed by atoms with E-state index in [1.165, 1.54) is 31.4 Å². The van der Waals surface area contributed by atoms with Gasteiger partial charge in [0.2, 0.25) is 5.65 Å². The van der Waals surface area contributed by atoms with Gasteiger partial charge in [-0.15, -0.1) is 10.2 Å². The standard InChI is InChI=1S/C18H23N7/c1-12-7-13(2)24(22-12)10-18(5-6-18)9-19-16-8-15(14-3-4-14)23-25-11-20-21-17(16)25/h7-8,11,14,19H,3-6,9-10H2,1-2H3. The predicted octanol–water partition coefficient (Wildman–Crippen LogP) is 2.71. The number of nitrogens with zero attached hydrogens (tertiary/aromatic N) is 6. The van der Waals surface area contributed by atoms with Gasteiger partial charge in [0.05, 0.1) is 17.1 Å². The normalized spacial score (nSPS) is 18.6. The lowest BCUT2D eigenvalue weighted by Crippen LogP contribution is -2.23. The minimum atomic E-state index is 0.295. The van der Waals surface area contributed by atoms with E-state index in [9.17, 15) is 0 Å². The van der Waals surface area contributed by atoms with Crippen LogP contribution < -0.4 is 5.32 Å². The van der Waals surface area contributed by atoms with Crippen LogP contribution in [0.1, 0.15) is 48.7 Å². The molecule has 3 aromatic heterocycles. The summed E-state index contributed by atoms with van der Waals surface area (Å²) in [4.78, 5) is 0. The fraction of sp³-hybridized carbons (Fsp3) is 0.556. The molecule has 3 heterocycles. The molecule has 0 unspecified atom stereocenters. The summed E-state index contributed by atoms with van der Waals surface area (Å²) in [6, 6.07) is 4.31. The molecular weight excluding hydrogens is 314 g/mol. The summed E-state index contributed by atoms with van der Waals surface area (Å²) < 4.78 is 3.95. The quantitative estimate of drug-likeness (QED) is 0.749. The third kappa shape index (κ3) is 2.77. The Morgan fingerprint density at radius 1 is 1.20 bits per heavy atom. The van der Waals surface area contributed by atoms with Crippen molar-refractivity contribution < 1.29 is 0 Å². The van der Waals surface area contributed by atoms with Crippen molar-refractivity contribution in [1.29, 1.82) is 0 Å². The van der Waals surface area contributed by atoms with Gasteiger partial charge in [-0.05, 0) is 51.7 Å². The highest BCUT2D eigenvalue weighted by molar-refractivity contribution is 5.67. The number of rotatable bonds is 6. The number of fused-ring (bicyclic) bond motifs is 1. The van der Waals surface area contributed by atoms with Gasteiger partial charge in [-0.3, -0.25) is 4.68 Å². The predicted molar refractivity (Wildman–Crippen MR) is 94.6 cm³/mol. The molecule has 130 valence electrons. The Hall–Kier alpha value is -2.44. The van der Waals surface area contributed by atoms with Crippen molar-refractivity contribution in [3.05, 3.63) is 35.5 Å². The zero-order valence-electron chi connectivity index (χ0n) is 14.7. The zero-order valence-corrected chi connectivity index (χ0v) is 14.7. The second-order valence-corrected chi connectivity index (χ2v) is 7.79. The smallest absolute Gasteiger partial charge is 0.200 e. The van der Waals surface area contributed by atoms with Gasteiger partial charge in [-0.1, -0.05) is 0 Å². The van der Waals surface area contributed by atoms with Gasteiger partial charge in [0.25, 0.3) is 0 Å². The van der Waals surface area contributed by atoms with E-state index in [4.69, 9.17) is 0 Å². The first-order valence-corrected chi connectivity index (χ1v) is 9.08.